The zero-order chi connectivity index (χ0) is 22.8. The summed E-state index contributed by atoms with van der Waals surface area (Å²) in [6, 6.07) is 9.58. The van der Waals surface area contributed by atoms with E-state index >= 15 is 0 Å². The van der Waals surface area contributed by atoms with Gasteiger partial charge in [-0.05, 0) is 55.8 Å². The first-order valence-corrected chi connectivity index (χ1v) is 9.65. The number of amides is 2. The molecule has 2 aromatic rings. The molecular formula is C22H25FN2O6. The Morgan fingerprint density at radius 3 is 2.35 bits per heavy atom. The van der Waals surface area contributed by atoms with Gasteiger partial charge in [-0.3, -0.25) is 9.59 Å². The number of carbonyl (C=O) groups is 3. The van der Waals surface area contributed by atoms with Gasteiger partial charge in [0.2, 0.25) is 0 Å². The molecule has 0 radical (unpaired) electrons. The number of halogens is 1. The Kier molecular flexibility index (Phi) is 8.80. The van der Waals surface area contributed by atoms with Gasteiger partial charge in [0, 0.05) is 11.7 Å². The second kappa shape index (κ2) is 11.5. The predicted octanol–water partition coefficient (Wildman–Crippen LogP) is 2.92. The van der Waals surface area contributed by atoms with Crippen molar-refractivity contribution in [3.8, 4) is 11.5 Å². The topological polar surface area (TPSA) is 103 Å². The van der Waals surface area contributed by atoms with Crippen LogP contribution in [0.5, 0.6) is 11.5 Å². The van der Waals surface area contributed by atoms with Crippen LogP contribution in [0.25, 0.3) is 0 Å². The fraction of sp³-hybridized carbons (Fsp3) is 0.318. The third-order valence-electron chi connectivity index (χ3n) is 4.24. The number of hydrogen-bond acceptors (Lipinski definition) is 6. The van der Waals surface area contributed by atoms with E-state index < -0.39 is 24.3 Å². The Labute approximate surface area is 179 Å². The average molecular weight is 432 g/mol. The maximum Gasteiger partial charge on any atom is 0.338 e. The quantitative estimate of drug-likeness (QED) is 0.560. The molecule has 0 unspecified atom stereocenters. The lowest BCUT2D eigenvalue weighted by Gasteiger charge is -2.13. The standard InChI is InChI=1S/C22H25FN2O6/c1-4-14(2)24-20(26)13-31-22(28)15-5-10-18(19(11-15)29-3)30-12-21(27)25-17-8-6-16(23)7-9-17/h5-11,14H,4,12-13H2,1-3H3,(H,24,26)(H,25,27)/t14-/m0/s1. The van der Waals surface area contributed by atoms with Crippen molar-refractivity contribution in [3.05, 3.63) is 53.8 Å². The van der Waals surface area contributed by atoms with Gasteiger partial charge in [-0.15, -0.1) is 0 Å². The minimum Gasteiger partial charge on any atom is -0.493 e. The number of methoxy groups -OCH3 is 1. The third-order valence-corrected chi connectivity index (χ3v) is 4.24. The second-order valence-electron chi connectivity index (χ2n) is 6.66. The van der Waals surface area contributed by atoms with Crippen LogP contribution < -0.4 is 20.1 Å². The molecule has 0 saturated carbocycles. The molecule has 2 N–H and O–H groups in total. The summed E-state index contributed by atoms with van der Waals surface area (Å²) in [5.74, 6) is -1.49. The Morgan fingerprint density at radius 1 is 1.00 bits per heavy atom. The number of rotatable bonds is 10. The minimum absolute atomic E-state index is 0.0111. The predicted molar refractivity (Wildman–Crippen MR) is 112 cm³/mol. The van der Waals surface area contributed by atoms with Crippen LogP contribution in [-0.4, -0.2) is 44.1 Å². The zero-order valence-electron chi connectivity index (χ0n) is 17.6. The zero-order valence-corrected chi connectivity index (χ0v) is 17.6. The van der Waals surface area contributed by atoms with E-state index in [4.69, 9.17) is 14.2 Å². The summed E-state index contributed by atoms with van der Waals surface area (Å²) in [5, 5.41) is 5.27. The normalized spacial score (nSPS) is 11.2. The molecule has 166 valence electrons. The van der Waals surface area contributed by atoms with Gasteiger partial charge in [-0.1, -0.05) is 6.92 Å². The molecule has 0 saturated heterocycles. The van der Waals surface area contributed by atoms with E-state index in [0.29, 0.717) is 5.69 Å². The molecular weight excluding hydrogens is 407 g/mol. The van der Waals surface area contributed by atoms with Crippen LogP contribution >= 0.6 is 0 Å². The Morgan fingerprint density at radius 2 is 1.71 bits per heavy atom. The summed E-state index contributed by atoms with van der Waals surface area (Å²) in [6.07, 6.45) is 0.764. The van der Waals surface area contributed by atoms with Gasteiger partial charge in [-0.25, -0.2) is 9.18 Å². The van der Waals surface area contributed by atoms with Gasteiger partial charge < -0.3 is 24.8 Å². The molecule has 0 fully saturated rings. The van der Waals surface area contributed by atoms with Crippen LogP contribution in [0.15, 0.2) is 42.5 Å². The minimum atomic E-state index is -0.696. The van der Waals surface area contributed by atoms with Crippen molar-refractivity contribution in [2.24, 2.45) is 0 Å². The largest absolute Gasteiger partial charge is 0.493 e. The van der Waals surface area contributed by atoms with Crippen molar-refractivity contribution >= 4 is 23.5 Å². The number of ether oxygens (including phenoxy) is 3. The maximum atomic E-state index is 12.9. The van der Waals surface area contributed by atoms with Crippen molar-refractivity contribution in [2.75, 3.05) is 25.6 Å². The highest BCUT2D eigenvalue weighted by atomic mass is 19.1. The number of esters is 1. The van der Waals surface area contributed by atoms with Gasteiger partial charge in [0.25, 0.3) is 11.8 Å². The molecule has 2 rings (SSSR count). The van der Waals surface area contributed by atoms with Crippen LogP contribution in [0.2, 0.25) is 0 Å². The van der Waals surface area contributed by atoms with Gasteiger partial charge in [0.05, 0.1) is 12.7 Å². The SMILES string of the molecule is CC[C@H](C)NC(=O)COC(=O)c1ccc(OCC(=O)Nc2ccc(F)cc2)c(OC)c1. The summed E-state index contributed by atoms with van der Waals surface area (Å²) in [6.45, 7) is 3.06. The van der Waals surface area contributed by atoms with E-state index in [1.54, 1.807) is 0 Å². The van der Waals surface area contributed by atoms with Gasteiger partial charge in [0.1, 0.15) is 5.82 Å². The monoisotopic (exact) mass is 432 g/mol. The molecule has 8 nitrogen and oxygen atoms in total. The molecule has 31 heavy (non-hydrogen) atoms. The van der Waals surface area contributed by atoms with E-state index in [1.807, 2.05) is 13.8 Å². The van der Waals surface area contributed by atoms with Crippen LogP contribution in [0.3, 0.4) is 0 Å². The van der Waals surface area contributed by atoms with E-state index in [2.05, 4.69) is 10.6 Å². The summed E-state index contributed by atoms with van der Waals surface area (Å²) in [7, 11) is 1.38. The molecule has 0 aliphatic rings. The van der Waals surface area contributed by atoms with Crippen molar-refractivity contribution in [2.45, 2.75) is 26.3 Å². The summed E-state index contributed by atoms with van der Waals surface area (Å²) >= 11 is 0. The number of benzene rings is 2. The van der Waals surface area contributed by atoms with Crippen LogP contribution in [0, 0.1) is 5.82 Å². The van der Waals surface area contributed by atoms with Gasteiger partial charge >= 0.3 is 5.97 Å². The fourth-order valence-electron chi connectivity index (χ4n) is 2.42. The van der Waals surface area contributed by atoms with Crippen LogP contribution in [0.4, 0.5) is 10.1 Å². The first-order chi connectivity index (χ1) is 14.8. The average Bonchev–Trinajstić information content (AvgIpc) is 2.77. The molecule has 0 aliphatic heterocycles. The molecule has 1 atom stereocenters. The first kappa shape index (κ1) is 23.7. The Balaban J connectivity index is 1.91. The van der Waals surface area contributed by atoms with Crippen molar-refractivity contribution < 1.29 is 33.0 Å². The summed E-state index contributed by atoms with van der Waals surface area (Å²) < 4.78 is 28.6. The number of hydrogen-bond donors (Lipinski definition) is 2. The highest BCUT2D eigenvalue weighted by molar-refractivity contribution is 5.93. The maximum absolute atomic E-state index is 12.9. The molecule has 2 amide bonds. The smallest absolute Gasteiger partial charge is 0.338 e. The lowest BCUT2D eigenvalue weighted by Crippen LogP contribution is -2.35. The number of anilines is 1. The van der Waals surface area contributed by atoms with Crippen molar-refractivity contribution in [3.63, 3.8) is 0 Å². The Bertz CT molecular complexity index is 917. The molecule has 0 heterocycles. The fourth-order valence-corrected chi connectivity index (χ4v) is 2.42. The lowest BCUT2D eigenvalue weighted by atomic mass is 10.2. The second-order valence-corrected chi connectivity index (χ2v) is 6.66. The van der Waals surface area contributed by atoms with Crippen molar-refractivity contribution in [1.29, 1.82) is 0 Å². The van der Waals surface area contributed by atoms with Crippen LogP contribution in [-0.2, 0) is 14.3 Å². The van der Waals surface area contributed by atoms with E-state index in [-0.39, 0.29) is 35.6 Å². The molecule has 0 aromatic heterocycles. The van der Waals surface area contributed by atoms with Crippen LogP contribution in [0.1, 0.15) is 30.6 Å². The highest BCUT2D eigenvalue weighted by Crippen LogP contribution is 2.28. The van der Waals surface area contributed by atoms with Crippen molar-refractivity contribution in [1.82, 2.24) is 5.32 Å². The van der Waals surface area contributed by atoms with E-state index in [1.165, 1.54) is 49.6 Å². The van der Waals surface area contributed by atoms with Gasteiger partial charge in [-0.2, -0.15) is 0 Å². The molecule has 0 aliphatic carbocycles. The molecule has 2 aromatic carbocycles. The summed E-state index contributed by atoms with van der Waals surface area (Å²) in [4.78, 5) is 35.9. The Hall–Kier alpha value is -3.62. The third kappa shape index (κ3) is 7.61. The summed E-state index contributed by atoms with van der Waals surface area (Å²) in [5.41, 5.74) is 0.591. The number of nitrogens with one attached hydrogen (secondary N) is 2. The van der Waals surface area contributed by atoms with E-state index in [9.17, 15) is 18.8 Å². The number of carbonyl (C=O) groups excluding carboxylic acids is 3. The van der Waals surface area contributed by atoms with E-state index in [0.717, 1.165) is 6.42 Å². The molecule has 9 heteroatoms. The lowest BCUT2D eigenvalue weighted by molar-refractivity contribution is -0.124. The van der Waals surface area contributed by atoms with Gasteiger partial charge in [0.15, 0.2) is 24.7 Å². The first-order valence-electron chi connectivity index (χ1n) is 9.65. The molecule has 0 bridgehead atoms. The highest BCUT2D eigenvalue weighted by Gasteiger charge is 2.15. The molecule has 0 spiro atoms.